The number of carbonyl (C=O) groups excluding carboxylic acids is 1. The Hall–Kier alpha value is -2.49. The number of carbonyl (C=O) groups is 1. The van der Waals surface area contributed by atoms with Gasteiger partial charge in [-0.25, -0.2) is 0 Å². The average molecular weight is 352 g/mol. The summed E-state index contributed by atoms with van der Waals surface area (Å²) in [5, 5.41) is 0. The van der Waals surface area contributed by atoms with Crippen molar-refractivity contribution >= 4 is 11.6 Å². The molecule has 1 heterocycles. The molecule has 2 aromatic carbocycles. The molecule has 1 aliphatic heterocycles. The molecule has 0 saturated carbocycles. The number of hydrogen-bond donors (Lipinski definition) is 0. The van der Waals surface area contributed by atoms with Gasteiger partial charge >= 0.3 is 0 Å². The summed E-state index contributed by atoms with van der Waals surface area (Å²) >= 11 is 0. The second-order valence-corrected chi connectivity index (χ2v) is 6.90. The fraction of sp³-hybridized carbons (Fsp3) is 0.409. The van der Waals surface area contributed by atoms with E-state index in [1.807, 2.05) is 41.3 Å². The summed E-state index contributed by atoms with van der Waals surface area (Å²) in [5.74, 6) is 0.962. The largest absolute Gasteiger partial charge is 0.497 e. The number of hydrogen-bond acceptors (Lipinski definition) is 3. The maximum Gasteiger partial charge on any atom is 0.254 e. The van der Waals surface area contributed by atoms with E-state index in [1.54, 1.807) is 7.11 Å². The van der Waals surface area contributed by atoms with Gasteiger partial charge in [-0.2, -0.15) is 0 Å². The lowest BCUT2D eigenvalue weighted by Crippen LogP contribution is -2.30. The third kappa shape index (κ3) is 3.85. The van der Waals surface area contributed by atoms with E-state index < -0.39 is 0 Å². The number of likely N-dealkylation sites (tertiary alicyclic amines) is 1. The highest BCUT2D eigenvalue weighted by atomic mass is 16.5. The lowest BCUT2D eigenvalue weighted by atomic mass is 10.0. The summed E-state index contributed by atoms with van der Waals surface area (Å²) in [4.78, 5) is 17.3. The van der Waals surface area contributed by atoms with Crippen LogP contribution in [0.25, 0.3) is 0 Å². The van der Waals surface area contributed by atoms with Gasteiger partial charge in [0.25, 0.3) is 5.91 Å². The van der Waals surface area contributed by atoms with Crippen molar-refractivity contribution < 1.29 is 9.53 Å². The SMILES string of the molecule is CCCN(C)c1ccc(C(=O)N2CCC[C@H]2c2ccc(OC)cc2)cc1. The molecule has 0 bridgehead atoms. The predicted molar refractivity (Wildman–Crippen MR) is 106 cm³/mol. The monoisotopic (exact) mass is 352 g/mol. The van der Waals surface area contributed by atoms with Crippen molar-refractivity contribution in [3.8, 4) is 5.75 Å². The first-order valence-corrected chi connectivity index (χ1v) is 9.40. The summed E-state index contributed by atoms with van der Waals surface area (Å²) in [6.45, 7) is 3.99. The van der Waals surface area contributed by atoms with Crippen LogP contribution in [-0.4, -0.2) is 38.1 Å². The van der Waals surface area contributed by atoms with Gasteiger partial charge in [-0.15, -0.1) is 0 Å². The minimum absolute atomic E-state index is 0.119. The van der Waals surface area contributed by atoms with Crippen molar-refractivity contribution in [1.82, 2.24) is 4.90 Å². The van der Waals surface area contributed by atoms with Crippen molar-refractivity contribution in [2.75, 3.05) is 32.1 Å². The number of anilines is 1. The number of nitrogens with zero attached hydrogens (tertiary/aromatic N) is 2. The standard InChI is InChI=1S/C22H28N2O2/c1-4-15-23(2)19-11-7-18(8-12-19)22(25)24-16-5-6-21(24)17-9-13-20(26-3)14-10-17/h7-14,21H,4-6,15-16H2,1-3H3/t21-/m0/s1. The van der Waals surface area contributed by atoms with Crippen molar-refractivity contribution in [3.63, 3.8) is 0 Å². The Bertz CT molecular complexity index is 725. The van der Waals surface area contributed by atoms with E-state index in [1.165, 1.54) is 5.56 Å². The molecule has 0 spiro atoms. The van der Waals surface area contributed by atoms with Gasteiger partial charge in [-0.1, -0.05) is 19.1 Å². The molecule has 1 fully saturated rings. The van der Waals surface area contributed by atoms with E-state index in [9.17, 15) is 4.79 Å². The zero-order chi connectivity index (χ0) is 18.5. The van der Waals surface area contributed by atoms with E-state index in [-0.39, 0.29) is 11.9 Å². The van der Waals surface area contributed by atoms with Gasteiger partial charge in [0.15, 0.2) is 0 Å². The van der Waals surface area contributed by atoms with E-state index in [4.69, 9.17) is 4.74 Å². The van der Waals surface area contributed by atoms with Crippen LogP contribution in [0.3, 0.4) is 0 Å². The highest BCUT2D eigenvalue weighted by Gasteiger charge is 2.30. The van der Waals surface area contributed by atoms with Crippen LogP contribution in [0.4, 0.5) is 5.69 Å². The molecule has 1 saturated heterocycles. The molecule has 1 atom stereocenters. The van der Waals surface area contributed by atoms with Gasteiger partial charge in [0, 0.05) is 31.4 Å². The smallest absolute Gasteiger partial charge is 0.254 e. The Morgan fingerprint density at radius 3 is 2.46 bits per heavy atom. The lowest BCUT2D eigenvalue weighted by Gasteiger charge is -2.26. The number of benzene rings is 2. The molecule has 1 aliphatic rings. The van der Waals surface area contributed by atoms with Crippen molar-refractivity contribution in [3.05, 3.63) is 59.7 Å². The van der Waals surface area contributed by atoms with E-state index >= 15 is 0 Å². The van der Waals surface area contributed by atoms with Gasteiger partial charge in [0.1, 0.15) is 5.75 Å². The molecule has 138 valence electrons. The Morgan fingerprint density at radius 1 is 1.15 bits per heavy atom. The fourth-order valence-electron chi connectivity index (χ4n) is 3.67. The zero-order valence-corrected chi connectivity index (χ0v) is 15.9. The highest BCUT2D eigenvalue weighted by molar-refractivity contribution is 5.95. The lowest BCUT2D eigenvalue weighted by molar-refractivity contribution is 0.0735. The zero-order valence-electron chi connectivity index (χ0n) is 15.9. The molecule has 0 aliphatic carbocycles. The minimum atomic E-state index is 0.119. The molecule has 2 aromatic rings. The second kappa shape index (κ2) is 8.26. The molecule has 0 radical (unpaired) electrons. The number of rotatable bonds is 6. The average Bonchev–Trinajstić information content (AvgIpc) is 3.17. The minimum Gasteiger partial charge on any atom is -0.497 e. The first-order chi connectivity index (χ1) is 12.6. The third-order valence-electron chi connectivity index (χ3n) is 5.13. The summed E-state index contributed by atoms with van der Waals surface area (Å²) in [7, 11) is 3.75. The normalized spacial score (nSPS) is 16.6. The van der Waals surface area contributed by atoms with E-state index in [0.29, 0.717) is 0 Å². The molecule has 0 aromatic heterocycles. The molecule has 0 unspecified atom stereocenters. The summed E-state index contributed by atoms with van der Waals surface area (Å²) < 4.78 is 5.24. The van der Waals surface area contributed by atoms with Gasteiger partial charge in [-0.05, 0) is 61.2 Å². The molecule has 4 nitrogen and oxygen atoms in total. The molecule has 0 N–H and O–H groups in total. The first-order valence-electron chi connectivity index (χ1n) is 9.40. The third-order valence-corrected chi connectivity index (χ3v) is 5.13. The van der Waals surface area contributed by atoms with Crippen LogP contribution in [0.2, 0.25) is 0 Å². The van der Waals surface area contributed by atoms with Crippen LogP contribution >= 0.6 is 0 Å². The van der Waals surface area contributed by atoms with Gasteiger partial charge in [0.05, 0.1) is 13.2 Å². The van der Waals surface area contributed by atoms with Crippen molar-refractivity contribution in [2.24, 2.45) is 0 Å². The topological polar surface area (TPSA) is 32.8 Å². The number of ether oxygens (including phenoxy) is 1. The second-order valence-electron chi connectivity index (χ2n) is 6.90. The molecule has 1 amide bonds. The quantitative estimate of drug-likeness (QED) is 0.766. The van der Waals surface area contributed by atoms with E-state index in [0.717, 1.165) is 49.4 Å². The van der Waals surface area contributed by atoms with Crippen LogP contribution in [0, 0.1) is 0 Å². The summed E-state index contributed by atoms with van der Waals surface area (Å²) in [6.07, 6.45) is 3.16. The summed E-state index contributed by atoms with van der Waals surface area (Å²) in [5.41, 5.74) is 3.09. The maximum atomic E-state index is 13.0. The van der Waals surface area contributed by atoms with Crippen LogP contribution in [0.15, 0.2) is 48.5 Å². The van der Waals surface area contributed by atoms with Crippen molar-refractivity contribution in [1.29, 1.82) is 0 Å². The van der Waals surface area contributed by atoms with Crippen molar-refractivity contribution in [2.45, 2.75) is 32.2 Å². The van der Waals surface area contributed by atoms with Crippen LogP contribution in [-0.2, 0) is 0 Å². The van der Waals surface area contributed by atoms with Gasteiger partial charge in [-0.3, -0.25) is 4.79 Å². The van der Waals surface area contributed by atoms with Crippen LogP contribution < -0.4 is 9.64 Å². The summed E-state index contributed by atoms with van der Waals surface area (Å²) in [6, 6.07) is 16.2. The van der Waals surface area contributed by atoms with Crippen LogP contribution in [0.5, 0.6) is 5.75 Å². The van der Waals surface area contributed by atoms with Crippen LogP contribution in [0.1, 0.15) is 48.1 Å². The first kappa shape index (κ1) is 18.3. The Labute approximate surface area is 156 Å². The molecule has 3 rings (SSSR count). The van der Waals surface area contributed by atoms with Gasteiger partial charge in [0.2, 0.25) is 0 Å². The molecular weight excluding hydrogens is 324 g/mol. The molecule has 4 heteroatoms. The number of methoxy groups -OCH3 is 1. The van der Waals surface area contributed by atoms with E-state index in [2.05, 4.69) is 31.0 Å². The number of amides is 1. The fourth-order valence-corrected chi connectivity index (χ4v) is 3.67. The molecular formula is C22H28N2O2. The Morgan fingerprint density at radius 2 is 1.85 bits per heavy atom. The maximum absolute atomic E-state index is 13.0. The van der Waals surface area contributed by atoms with Gasteiger partial charge < -0.3 is 14.5 Å². The highest BCUT2D eigenvalue weighted by Crippen LogP contribution is 2.34. The Balaban J connectivity index is 1.75. The predicted octanol–water partition coefficient (Wildman–Crippen LogP) is 4.52. The molecule has 26 heavy (non-hydrogen) atoms. The Kier molecular flexibility index (Phi) is 5.82.